The SMILES string of the molecule is ClCC1CN(c2ncnc3nc[nH]c23)CCO1. The number of fused-ring (bicyclic) bond motifs is 1. The van der Waals surface area contributed by atoms with Crippen LogP contribution in [-0.2, 0) is 4.74 Å². The third kappa shape index (κ3) is 1.94. The fraction of sp³-hybridized carbons (Fsp3) is 0.500. The van der Waals surface area contributed by atoms with Gasteiger partial charge < -0.3 is 14.6 Å². The lowest BCUT2D eigenvalue weighted by Gasteiger charge is -2.32. The van der Waals surface area contributed by atoms with Gasteiger partial charge in [-0.1, -0.05) is 0 Å². The molecule has 2 aromatic heterocycles. The van der Waals surface area contributed by atoms with Gasteiger partial charge in [0.25, 0.3) is 0 Å². The normalized spacial score (nSPS) is 21.0. The predicted octanol–water partition coefficient (Wildman–Crippen LogP) is 0.797. The molecule has 0 radical (unpaired) electrons. The number of alkyl halides is 1. The summed E-state index contributed by atoms with van der Waals surface area (Å²) in [7, 11) is 0. The van der Waals surface area contributed by atoms with Crippen LogP contribution in [0.15, 0.2) is 12.7 Å². The molecule has 6 nitrogen and oxygen atoms in total. The monoisotopic (exact) mass is 253 g/mol. The molecule has 3 heterocycles. The summed E-state index contributed by atoms with van der Waals surface area (Å²) in [6, 6.07) is 0. The van der Waals surface area contributed by atoms with E-state index in [2.05, 4.69) is 24.8 Å². The van der Waals surface area contributed by atoms with Gasteiger partial charge in [0.05, 0.1) is 24.9 Å². The molecule has 0 aromatic carbocycles. The van der Waals surface area contributed by atoms with Crippen LogP contribution in [0.5, 0.6) is 0 Å². The molecule has 0 aliphatic carbocycles. The van der Waals surface area contributed by atoms with Crippen LogP contribution in [0.2, 0.25) is 0 Å². The Kier molecular flexibility index (Phi) is 2.82. The standard InChI is InChI=1S/C10H12ClN5O/c11-3-7-4-16(1-2-17-7)10-8-9(13-5-12-8)14-6-15-10/h5-7H,1-4H2,(H,12,13,14,15). The van der Waals surface area contributed by atoms with Gasteiger partial charge in [-0.3, -0.25) is 0 Å². The number of halogens is 1. The van der Waals surface area contributed by atoms with Gasteiger partial charge in [-0.25, -0.2) is 15.0 Å². The number of morpholine rings is 1. The molecule has 0 bridgehead atoms. The Morgan fingerprint density at radius 3 is 3.29 bits per heavy atom. The highest BCUT2D eigenvalue weighted by Gasteiger charge is 2.22. The van der Waals surface area contributed by atoms with Crippen LogP contribution in [-0.4, -0.2) is 51.6 Å². The van der Waals surface area contributed by atoms with Crippen LogP contribution in [0.25, 0.3) is 11.2 Å². The van der Waals surface area contributed by atoms with Gasteiger partial charge in [0.2, 0.25) is 0 Å². The van der Waals surface area contributed by atoms with Crippen molar-refractivity contribution in [2.24, 2.45) is 0 Å². The van der Waals surface area contributed by atoms with Crippen molar-refractivity contribution in [3.8, 4) is 0 Å². The number of hydrogen-bond donors (Lipinski definition) is 1. The third-order valence-electron chi connectivity index (χ3n) is 2.81. The summed E-state index contributed by atoms with van der Waals surface area (Å²) >= 11 is 5.83. The maximum Gasteiger partial charge on any atom is 0.182 e. The number of anilines is 1. The second-order valence-corrected chi connectivity index (χ2v) is 4.20. The van der Waals surface area contributed by atoms with Gasteiger partial charge in [-0.2, -0.15) is 0 Å². The van der Waals surface area contributed by atoms with E-state index in [0.29, 0.717) is 18.1 Å². The molecule has 7 heteroatoms. The molecule has 1 saturated heterocycles. The summed E-state index contributed by atoms with van der Waals surface area (Å²) in [6.07, 6.45) is 3.21. The molecular formula is C10H12ClN5O. The van der Waals surface area contributed by atoms with Crippen LogP contribution in [0.4, 0.5) is 5.82 Å². The Morgan fingerprint density at radius 2 is 2.41 bits per heavy atom. The topological polar surface area (TPSA) is 66.9 Å². The number of rotatable bonds is 2. The highest BCUT2D eigenvalue weighted by Crippen LogP contribution is 2.21. The van der Waals surface area contributed by atoms with Gasteiger partial charge in [0, 0.05) is 13.1 Å². The summed E-state index contributed by atoms with van der Waals surface area (Å²) in [4.78, 5) is 17.8. The van der Waals surface area contributed by atoms with E-state index in [1.165, 1.54) is 6.33 Å². The molecule has 1 atom stereocenters. The van der Waals surface area contributed by atoms with Crippen LogP contribution in [0, 0.1) is 0 Å². The summed E-state index contributed by atoms with van der Waals surface area (Å²) in [5.74, 6) is 1.36. The molecule has 1 fully saturated rings. The van der Waals surface area contributed by atoms with E-state index in [1.807, 2.05) is 0 Å². The van der Waals surface area contributed by atoms with Crippen LogP contribution >= 0.6 is 11.6 Å². The third-order valence-corrected chi connectivity index (χ3v) is 3.16. The average molecular weight is 254 g/mol. The Labute approximate surface area is 103 Å². The second kappa shape index (κ2) is 4.46. The number of ether oxygens (including phenoxy) is 1. The average Bonchev–Trinajstić information content (AvgIpc) is 2.87. The van der Waals surface area contributed by atoms with E-state index in [0.717, 1.165) is 24.4 Å². The zero-order chi connectivity index (χ0) is 11.7. The summed E-state index contributed by atoms with van der Waals surface area (Å²) in [6.45, 7) is 2.21. The first-order chi connectivity index (χ1) is 8.38. The van der Waals surface area contributed by atoms with Gasteiger partial charge in [0.15, 0.2) is 11.5 Å². The van der Waals surface area contributed by atoms with Crippen molar-refractivity contribution in [2.75, 3.05) is 30.5 Å². The molecule has 1 aliphatic rings. The van der Waals surface area contributed by atoms with Crippen molar-refractivity contribution in [1.82, 2.24) is 19.9 Å². The molecule has 0 saturated carbocycles. The largest absolute Gasteiger partial charge is 0.373 e. The second-order valence-electron chi connectivity index (χ2n) is 3.89. The molecule has 1 aliphatic heterocycles. The molecule has 1 unspecified atom stereocenters. The van der Waals surface area contributed by atoms with Crippen molar-refractivity contribution >= 4 is 28.6 Å². The van der Waals surface area contributed by atoms with Crippen molar-refractivity contribution < 1.29 is 4.74 Å². The number of aromatic nitrogens is 4. The maximum absolute atomic E-state index is 5.83. The molecule has 0 spiro atoms. The Morgan fingerprint density at radius 1 is 1.47 bits per heavy atom. The molecular weight excluding hydrogens is 242 g/mol. The summed E-state index contributed by atoms with van der Waals surface area (Å²) in [5, 5.41) is 0. The first-order valence-electron chi connectivity index (χ1n) is 5.45. The Balaban J connectivity index is 1.94. The number of imidazole rings is 1. The lowest BCUT2D eigenvalue weighted by molar-refractivity contribution is 0.0552. The van der Waals surface area contributed by atoms with E-state index < -0.39 is 0 Å². The lowest BCUT2D eigenvalue weighted by atomic mass is 10.3. The molecule has 3 rings (SSSR count). The smallest absolute Gasteiger partial charge is 0.182 e. The van der Waals surface area contributed by atoms with Crippen LogP contribution in [0.3, 0.4) is 0 Å². The summed E-state index contributed by atoms with van der Waals surface area (Å²) in [5.41, 5.74) is 1.55. The van der Waals surface area contributed by atoms with Gasteiger partial charge in [-0.05, 0) is 0 Å². The van der Waals surface area contributed by atoms with Crippen molar-refractivity contribution in [3.05, 3.63) is 12.7 Å². The maximum atomic E-state index is 5.83. The van der Waals surface area contributed by atoms with Crippen molar-refractivity contribution in [2.45, 2.75) is 6.10 Å². The zero-order valence-electron chi connectivity index (χ0n) is 9.14. The van der Waals surface area contributed by atoms with E-state index in [-0.39, 0.29) is 6.10 Å². The highest BCUT2D eigenvalue weighted by atomic mass is 35.5. The van der Waals surface area contributed by atoms with Crippen LogP contribution in [0.1, 0.15) is 0 Å². The molecule has 0 amide bonds. The highest BCUT2D eigenvalue weighted by molar-refractivity contribution is 6.18. The zero-order valence-corrected chi connectivity index (χ0v) is 9.89. The van der Waals surface area contributed by atoms with Gasteiger partial charge >= 0.3 is 0 Å². The number of H-pyrrole nitrogens is 1. The minimum atomic E-state index is 0.0540. The number of nitrogens with one attached hydrogen (secondary N) is 1. The quantitative estimate of drug-likeness (QED) is 0.802. The fourth-order valence-corrected chi connectivity index (χ4v) is 2.18. The van der Waals surface area contributed by atoms with Gasteiger partial charge in [0.1, 0.15) is 11.8 Å². The fourth-order valence-electron chi connectivity index (χ4n) is 2.00. The van der Waals surface area contributed by atoms with Gasteiger partial charge in [-0.15, -0.1) is 11.6 Å². The number of aromatic amines is 1. The van der Waals surface area contributed by atoms with E-state index in [1.54, 1.807) is 6.33 Å². The molecule has 90 valence electrons. The Hall–Kier alpha value is -1.40. The molecule has 17 heavy (non-hydrogen) atoms. The predicted molar refractivity (Wildman–Crippen MR) is 64.4 cm³/mol. The Bertz CT molecular complexity index is 516. The number of nitrogens with zero attached hydrogens (tertiary/aromatic N) is 4. The van der Waals surface area contributed by atoms with Crippen LogP contribution < -0.4 is 4.90 Å². The van der Waals surface area contributed by atoms with E-state index >= 15 is 0 Å². The minimum absolute atomic E-state index is 0.0540. The van der Waals surface area contributed by atoms with Crippen molar-refractivity contribution in [3.63, 3.8) is 0 Å². The first kappa shape index (κ1) is 10.7. The van der Waals surface area contributed by atoms with E-state index in [4.69, 9.17) is 16.3 Å². The molecule has 2 aromatic rings. The number of hydrogen-bond acceptors (Lipinski definition) is 5. The molecule has 1 N–H and O–H groups in total. The van der Waals surface area contributed by atoms with E-state index in [9.17, 15) is 0 Å². The summed E-state index contributed by atoms with van der Waals surface area (Å²) < 4.78 is 5.53. The lowest BCUT2D eigenvalue weighted by Crippen LogP contribution is -2.43. The first-order valence-corrected chi connectivity index (χ1v) is 5.98. The van der Waals surface area contributed by atoms with Crippen molar-refractivity contribution in [1.29, 1.82) is 0 Å². The minimum Gasteiger partial charge on any atom is -0.373 e.